The number of carboxylic acids is 1. The molecule has 3 nitrogen and oxygen atoms in total. The zero-order valence-electron chi connectivity index (χ0n) is 16.0. The second-order valence-corrected chi connectivity index (χ2v) is 9.25. The zero-order valence-corrected chi connectivity index (χ0v) is 16.0. The third-order valence-corrected chi connectivity index (χ3v) is 7.40. The van der Waals surface area contributed by atoms with Gasteiger partial charge in [0.05, 0.1) is 11.2 Å². The van der Waals surface area contributed by atoms with E-state index < -0.39 is 11.6 Å². The molecule has 2 fully saturated rings. The van der Waals surface area contributed by atoms with Crippen molar-refractivity contribution in [3.63, 3.8) is 0 Å². The summed E-state index contributed by atoms with van der Waals surface area (Å²) in [6.45, 7) is 2.17. The molecule has 1 aromatic carbocycles. The second kappa shape index (κ2) is 6.67. The van der Waals surface area contributed by atoms with Gasteiger partial charge in [-0.2, -0.15) is 0 Å². The smallest absolute Gasteiger partial charge is 0.335 e. The highest BCUT2D eigenvalue weighted by Gasteiger charge is 2.52. The van der Waals surface area contributed by atoms with Gasteiger partial charge in [-0.1, -0.05) is 32.3 Å². The fraction of sp³-hybridized carbons (Fsp3) is 0.696. The van der Waals surface area contributed by atoms with Crippen LogP contribution in [-0.2, 0) is 11.8 Å². The molecule has 0 unspecified atom stereocenters. The number of aromatic carboxylic acids is 1. The van der Waals surface area contributed by atoms with Crippen LogP contribution in [0.2, 0.25) is 0 Å². The zero-order chi connectivity index (χ0) is 18.4. The van der Waals surface area contributed by atoms with Crippen LogP contribution in [0.3, 0.4) is 0 Å². The Labute approximate surface area is 156 Å². The Morgan fingerprint density at radius 2 is 2.04 bits per heavy atom. The Bertz CT molecular complexity index is 693. The van der Waals surface area contributed by atoms with Crippen molar-refractivity contribution in [2.75, 3.05) is 0 Å². The Morgan fingerprint density at radius 3 is 2.73 bits per heavy atom. The van der Waals surface area contributed by atoms with Crippen molar-refractivity contribution in [1.82, 2.24) is 0 Å². The molecule has 26 heavy (non-hydrogen) atoms. The molecule has 0 amide bonds. The number of aryl methyl sites for hydroxylation is 1. The molecule has 3 atom stereocenters. The van der Waals surface area contributed by atoms with Gasteiger partial charge in [0.2, 0.25) is 0 Å². The third kappa shape index (κ3) is 3.19. The summed E-state index contributed by atoms with van der Waals surface area (Å²) in [5.41, 5.74) is 2.76. The van der Waals surface area contributed by atoms with Crippen molar-refractivity contribution in [3.05, 3.63) is 34.9 Å². The molecule has 0 heterocycles. The maximum absolute atomic E-state index is 11.4. The molecule has 4 rings (SSSR count). The van der Waals surface area contributed by atoms with Gasteiger partial charge in [-0.25, -0.2) is 4.79 Å². The lowest BCUT2D eigenvalue weighted by atomic mass is 9.55. The van der Waals surface area contributed by atoms with Crippen molar-refractivity contribution in [2.24, 2.45) is 11.8 Å². The first-order valence-corrected chi connectivity index (χ1v) is 10.5. The van der Waals surface area contributed by atoms with E-state index in [2.05, 4.69) is 13.0 Å². The first-order valence-electron chi connectivity index (χ1n) is 10.5. The van der Waals surface area contributed by atoms with E-state index in [0.29, 0.717) is 11.5 Å². The van der Waals surface area contributed by atoms with Gasteiger partial charge >= 0.3 is 5.97 Å². The number of carbonyl (C=O) groups is 1. The van der Waals surface area contributed by atoms with Gasteiger partial charge in [0.25, 0.3) is 0 Å². The van der Waals surface area contributed by atoms with Gasteiger partial charge in [0.15, 0.2) is 0 Å². The average molecular weight is 357 g/mol. The predicted octanol–water partition coefficient (Wildman–Crippen LogP) is 5.09. The minimum Gasteiger partial charge on any atom is -0.478 e. The molecule has 3 heteroatoms. The molecule has 2 N–H and O–H groups in total. The lowest BCUT2D eigenvalue weighted by Crippen LogP contribution is -2.48. The number of benzene rings is 1. The Kier molecular flexibility index (Phi) is 4.63. The summed E-state index contributed by atoms with van der Waals surface area (Å²) in [7, 11) is 0. The topological polar surface area (TPSA) is 57.5 Å². The van der Waals surface area contributed by atoms with Crippen LogP contribution >= 0.6 is 0 Å². The third-order valence-electron chi connectivity index (χ3n) is 7.40. The molecule has 2 saturated carbocycles. The lowest BCUT2D eigenvalue weighted by Gasteiger charge is -2.51. The quantitative estimate of drug-likeness (QED) is 0.772. The Morgan fingerprint density at radius 1 is 1.23 bits per heavy atom. The van der Waals surface area contributed by atoms with Gasteiger partial charge in [0.1, 0.15) is 0 Å². The minimum absolute atomic E-state index is 0.157. The monoisotopic (exact) mass is 356 g/mol. The summed E-state index contributed by atoms with van der Waals surface area (Å²) in [6, 6.07) is 5.87. The summed E-state index contributed by atoms with van der Waals surface area (Å²) in [5.74, 6) is 0.538. The molecule has 0 bridgehead atoms. The van der Waals surface area contributed by atoms with E-state index in [1.165, 1.54) is 30.4 Å². The largest absolute Gasteiger partial charge is 0.478 e. The average Bonchev–Trinajstić information content (AvgIpc) is 3.42. The number of aliphatic hydroxyl groups is 1. The van der Waals surface area contributed by atoms with Crippen molar-refractivity contribution in [3.8, 4) is 0 Å². The Balaban J connectivity index is 1.75. The molecular weight excluding hydrogens is 324 g/mol. The molecule has 1 aromatic rings. The number of hydrogen-bond acceptors (Lipinski definition) is 2. The van der Waals surface area contributed by atoms with E-state index in [9.17, 15) is 15.0 Å². The fourth-order valence-corrected chi connectivity index (χ4v) is 6.02. The first-order chi connectivity index (χ1) is 12.5. The number of hydrogen-bond donors (Lipinski definition) is 2. The summed E-state index contributed by atoms with van der Waals surface area (Å²) < 4.78 is 0. The molecule has 3 aliphatic carbocycles. The lowest BCUT2D eigenvalue weighted by molar-refractivity contribution is -0.0562. The van der Waals surface area contributed by atoms with E-state index in [0.717, 1.165) is 57.3 Å². The van der Waals surface area contributed by atoms with Crippen LogP contribution in [0.1, 0.15) is 92.6 Å². The molecule has 0 spiro atoms. The molecule has 3 aliphatic rings. The number of carboxylic acid groups (broad SMARTS) is 1. The van der Waals surface area contributed by atoms with Gasteiger partial charge in [-0.15, -0.1) is 0 Å². The Hall–Kier alpha value is -1.35. The van der Waals surface area contributed by atoms with Crippen LogP contribution in [0.4, 0.5) is 0 Å². The van der Waals surface area contributed by atoms with E-state index in [1.54, 1.807) is 0 Å². The van der Waals surface area contributed by atoms with Crippen LogP contribution in [-0.4, -0.2) is 21.8 Å². The highest BCUT2D eigenvalue weighted by Crippen LogP contribution is 2.57. The van der Waals surface area contributed by atoms with Gasteiger partial charge in [-0.3, -0.25) is 0 Å². The van der Waals surface area contributed by atoms with Crippen LogP contribution in [0.5, 0.6) is 0 Å². The second-order valence-electron chi connectivity index (χ2n) is 9.25. The molecule has 0 aromatic heterocycles. The van der Waals surface area contributed by atoms with Gasteiger partial charge in [-0.05, 0) is 91.9 Å². The van der Waals surface area contributed by atoms with Gasteiger partial charge < -0.3 is 10.2 Å². The highest BCUT2D eigenvalue weighted by atomic mass is 16.4. The van der Waals surface area contributed by atoms with Crippen LogP contribution < -0.4 is 0 Å². The summed E-state index contributed by atoms with van der Waals surface area (Å²) >= 11 is 0. The van der Waals surface area contributed by atoms with Crippen molar-refractivity contribution in [2.45, 2.75) is 88.6 Å². The number of rotatable bonds is 5. The highest BCUT2D eigenvalue weighted by molar-refractivity contribution is 5.88. The van der Waals surface area contributed by atoms with Crippen molar-refractivity contribution < 1.29 is 15.0 Å². The van der Waals surface area contributed by atoms with Crippen LogP contribution in [0, 0.1) is 11.8 Å². The van der Waals surface area contributed by atoms with Crippen LogP contribution in [0.15, 0.2) is 18.2 Å². The van der Waals surface area contributed by atoms with E-state index in [4.69, 9.17) is 0 Å². The van der Waals surface area contributed by atoms with Crippen molar-refractivity contribution >= 4 is 5.97 Å². The van der Waals surface area contributed by atoms with E-state index in [-0.39, 0.29) is 5.41 Å². The van der Waals surface area contributed by atoms with E-state index in [1.807, 2.05) is 12.1 Å². The predicted molar refractivity (Wildman–Crippen MR) is 103 cm³/mol. The fourth-order valence-electron chi connectivity index (χ4n) is 6.02. The SMILES string of the molecule is CCC[C@]1(O)CC[C@@]2(CC3CC3)c3ccc(C(=O)O)cc3CCC[C@@H]2C1. The first kappa shape index (κ1) is 18.0. The summed E-state index contributed by atoms with van der Waals surface area (Å²) in [5, 5.41) is 20.6. The molecule has 0 radical (unpaired) electrons. The van der Waals surface area contributed by atoms with Crippen molar-refractivity contribution in [1.29, 1.82) is 0 Å². The van der Waals surface area contributed by atoms with Crippen LogP contribution in [0.25, 0.3) is 0 Å². The molecular formula is C23H32O3. The minimum atomic E-state index is -0.828. The molecule has 0 saturated heterocycles. The summed E-state index contributed by atoms with van der Waals surface area (Å²) in [4.78, 5) is 11.4. The standard InChI is InChI=1S/C23H32O3/c1-2-10-22(26)11-12-23(14-16-6-7-16)19(15-22)5-3-4-17-13-18(21(24)25)8-9-20(17)23/h8-9,13,16,19,26H,2-7,10-12,14-15H2,1H3,(H,24,25)/t19-,22+,23+/m1/s1. The van der Waals surface area contributed by atoms with E-state index >= 15 is 0 Å². The normalized spacial score (nSPS) is 33.8. The molecule has 142 valence electrons. The summed E-state index contributed by atoms with van der Waals surface area (Å²) in [6.07, 6.45) is 12.0. The maximum atomic E-state index is 11.4. The maximum Gasteiger partial charge on any atom is 0.335 e. The number of fused-ring (bicyclic) bond motifs is 3. The molecule has 0 aliphatic heterocycles. The van der Waals surface area contributed by atoms with Gasteiger partial charge in [0, 0.05) is 0 Å².